The number of alkyl halides is 1. The third kappa shape index (κ3) is 1.74. The van der Waals surface area contributed by atoms with Gasteiger partial charge in [-0.3, -0.25) is 0 Å². The average Bonchev–Trinajstić information content (AvgIpc) is 2.01. The van der Waals surface area contributed by atoms with Gasteiger partial charge in [0, 0.05) is 12.3 Å². The first-order valence-electron chi connectivity index (χ1n) is 4.21. The summed E-state index contributed by atoms with van der Waals surface area (Å²) in [5.41, 5.74) is -0.242. The third-order valence-corrected chi connectivity index (χ3v) is 2.89. The Hall–Kier alpha value is -0.0900. The van der Waals surface area contributed by atoms with Gasteiger partial charge in [0.05, 0.1) is 0 Å². The van der Waals surface area contributed by atoms with Crippen molar-refractivity contribution in [2.75, 3.05) is 0 Å². The van der Waals surface area contributed by atoms with E-state index < -0.39 is 10.3 Å². The van der Waals surface area contributed by atoms with E-state index in [1.54, 1.807) is 13.8 Å². The Morgan fingerprint density at radius 2 is 1.77 bits per heavy atom. The number of halogens is 1. The zero-order chi connectivity index (χ0) is 10.5. The molecule has 4 heteroatoms. The van der Waals surface area contributed by atoms with Crippen LogP contribution >= 0.6 is 15.9 Å². The fraction of sp³-hybridized carbons (Fsp3) is 0.889. The maximum atomic E-state index is 11.4. The second-order valence-corrected chi connectivity index (χ2v) is 6.12. The van der Waals surface area contributed by atoms with Gasteiger partial charge >= 0.3 is 5.97 Å². The molecule has 1 aliphatic rings. The van der Waals surface area contributed by atoms with E-state index in [2.05, 4.69) is 15.9 Å². The zero-order valence-corrected chi connectivity index (χ0v) is 10.2. The largest absolute Gasteiger partial charge is 0.430 e. The summed E-state index contributed by atoms with van der Waals surface area (Å²) >= 11 is 3.18. The Balaban J connectivity index is 2.96. The first kappa shape index (κ1) is 11.0. The molecule has 0 radical (unpaired) electrons. The summed E-state index contributed by atoms with van der Waals surface area (Å²) in [6.45, 7) is 9.32. The first-order chi connectivity index (χ1) is 5.58. The summed E-state index contributed by atoms with van der Waals surface area (Å²) in [7, 11) is 0. The monoisotopic (exact) mass is 250 g/mol. The molecule has 3 nitrogen and oxygen atoms in total. The number of esters is 1. The van der Waals surface area contributed by atoms with Gasteiger partial charge in [-0.15, -0.1) is 0 Å². The second kappa shape index (κ2) is 2.70. The van der Waals surface area contributed by atoms with E-state index in [4.69, 9.17) is 9.47 Å². The lowest BCUT2D eigenvalue weighted by Gasteiger charge is -2.35. The summed E-state index contributed by atoms with van der Waals surface area (Å²) < 4.78 is 9.77. The van der Waals surface area contributed by atoms with Crippen LogP contribution in [0.3, 0.4) is 0 Å². The van der Waals surface area contributed by atoms with Crippen LogP contribution < -0.4 is 0 Å². The van der Waals surface area contributed by atoms with Crippen LogP contribution in [0.5, 0.6) is 0 Å². The Bertz CT molecular complexity index is 242. The van der Waals surface area contributed by atoms with E-state index in [1.165, 1.54) is 0 Å². The number of rotatable bonds is 0. The lowest BCUT2D eigenvalue weighted by Crippen LogP contribution is -2.42. The number of hydrogen-bond acceptors (Lipinski definition) is 3. The number of cyclic esters (lactones) is 1. The van der Waals surface area contributed by atoms with Crippen molar-refractivity contribution < 1.29 is 14.3 Å². The SMILES string of the molecule is CC1(Br)OC(C)(C(C)(C)C)OC1=O. The van der Waals surface area contributed by atoms with Gasteiger partial charge in [-0.2, -0.15) is 0 Å². The smallest absolute Gasteiger partial charge is 0.352 e. The summed E-state index contributed by atoms with van der Waals surface area (Å²) in [6, 6.07) is 0. The molecular weight excluding hydrogens is 236 g/mol. The second-order valence-electron chi connectivity index (χ2n) is 4.60. The fourth-order valence-corrected chi connectivity index (χ4v) is 1.39. The molecule has 0 aromatic rings. The van der Waals surface area contributed by atoms with E-state index in [0.717, 1.165) is 0 Å². The topological polar surface area (TPSA) is 35.5 Å². The van der Waals surface area contributed by atoms with Gasteiger partial charge in [-0.05, 0) is 22.9 Å². The molecule has 2 atom stereocenters. The predicted molar refractivity (Wildman–Crippen MR) is 52.4 cm³/mol. The molecule has 1 fully saturated rings. The molecule has 0 amide bonds. The van der Waals surface area contributed by atoms with Crippen molar-refractivity contribution in [2.45, 2.75) is 44.9 Å². The van der Waals surface area contributed by atoms with Crippen molar-refractivity contribution in [3.05, 3.63) is 0 Å². The van der Waals surface area contributed by atoms with E-state index in [0.29, 0.717) is 0 Å². The van der Waals surface area contributed by atoms with Gasteiger partial charge in [0.15, 0.2) is 0 Å². The van der Waals surface area contributed by atoms with Crippen LogP contribution in [-0.4, -0.2) is 16.3 Å². The number of ether oxygens (including phenoxy) is 2. The molecule has 0 saturated carbocycles. The molecule has 0 bridgehead atoms. The van der Waals surface area contributed by atoms with Crippen LogP contribution in [0.2, 0.25) is 0 Å². The van der Waals surface area contributed by atoms with Gasteiger partial charge < -0.3 is 9.47 Å². The Labute approximate surface area is 86.9 Å². The van der Waals surface area contributed by atoms with E-state index in [9.17, 15) is 4.79 Å². The van der Waals surface area contributed by atoms with Crippen LogP contribution in [-0.2, 0) is 14.3 Å². The van der Waals surface area contributed by atoms with Gasteiger partial charge in [-0.1, -0.05) is 20.8 Å². The minimum atomic E-state index is -1.00. The van der Waals surface area contributed by atoms with Gasteiger partial charge in [0.2, 0.25) is 10.3 Å². The van der Waals surface area contributed by atoms with Crippen LogP contribution in [0.1, 0.15) is 34.6 Å². The van der Waals surface area contributed by atoms with Crippen molar-refractivity contribution in [3.8, 4) is 0 Å². The highest BCUT2D eigenvalue weighted by molar-refractivity contribution is 9.10. The van der Waals surface area contributed by atoms with Crippen molar-refractivity contribution in [2.24, 2.45) is 5.41 Å². The number of carbonyl (C=O) groups excluding carboxylic acids is 1. The maximum Gasteiger partial charge on any atom is 0.352 e. The molecule has 1 aliphatic heterocycles. The highest BCUT2D eigenvalue weighted by atomic mass is 79.9. The third-order valence-electron chi connectivity index (χ3n) is 2.40. The fourth-order valence-electron chi connectivity index (χ4n) is 1.00. The van der Waals surface area contributed by atoms with Crippen molar-refractivity contribution in [3.63, 3.8) is 0 Å². The normalized spacial score (nSPS) is 40.6. The zero-order valence-electron chi connectivity index (χ0n) is 8.60. The van der Waals surface area contributed by atoms with Gasteiger partial charge in [-0.25, -0.2) is 4.79 Å². The first-order valence-corrected chi connectivity index (χ1v) is 5.00. The quantitative estimate of drug-likeness (QED) is 0.490. The summed E-state index contributed by atoms with van der Waals surface area (Å²) in [5.74, 6) is -1.23. The molecule has 2 unspecified atom stereocenters. The minimum absolute atomic E-state index is 0.242. The molecule has 0 aromatic heterocycles. The minimum Gasteiger partial charge on any atom is -0.430 e. The molecule has 0 spiro atoms. The van der Waals surface area contributed by atoms with Gasteiger partial charge in [0.1, 0.15) is 0 Å². The molecule has 1 saturated heterocycles. The molecular formula is C9H15BrO3. The molecule has 1 rings (SSSR count). The van der Waals surface area contributed by atoms with E-state index >= 15 is 0 Å². The van der Waals surface area contributed by atoms with Crippen LogP contribution in [0, 0.1) is 5.41 Å². The maximum absolute atomic E-state index is 11.4. The van der Waals surface area contributed by atoms with Crippen LogP contribution in [0.4, 0.5) is 0 Å². The summed E-state index contributed by atoms with van der Waals surface area (Å²) in [5, 5.41) is 0. The lowest BCUT2D eigenvalue weighted by atomic mass is 9.87. The average molecular weight is 251 g/mol. The Kier molecular flexibility index (Phi) is 2.28. The molecule has 0 aromatic carbocycles. The summed E-state index contributed by atoms with van der Waals surface area (Å²) in [6.07, 6.45) is 0. The van der Waals surface area contributed by atoms with Crippen LogP contribution in [0.25, 0.3) is 0 Å². The molecule has 0 aliphatic carbocycles. The highest BCUT2D eigenvalue weighted by Gasteiger charge is 2.57. The lowest BCUT2D eigenvalue weighted by molar-refractivity contribution is -0.219. The van der Waals surface area contributed by atoms with Crippen molar-refractivity contribution in [1.29, 1.82) is 0 Å². The number of carbonyl (C=O) groups is 1. The van der Waals surface area contributed by atoms with Gasteiger partial charge in [0.25, 0.3) is 0 Å². The van der Waals surface area contributed by atoms with E-state index in [1.807, 2.05) is 20.8 Å². The Morgan fingerprint density at radius 1 is 1.31 bits per heavy atom. The molecule has 76 valence electrons. The van der Waals surface area contributed by atoms with Crippen molar-refractivity contribution >= 4 is 21.9 Å². The van der Waals surface area contributed by atoms with E-state index in [-0.39, 0.29) is 11.4 Å². The molecule has 0 N–H and O–H groups in total. The standard InChI is InChI=1S/C9H15BrO3/c1-7(2,3)9(5)12-6(11)8(4,10)13-9/h1-5H3. The summed E-state index contributed by atoms with van der Waals surface area (Å²) in [4.78, 5) is 11.4. The van der Waals surface area contributed by atoms with Crippen LogP contribution in [0.15, 0.2) is 0 Å². The Morgan fingerprint density at radius 3 is 1.92 bits per heavy atom. The molecule has 1 heterocycles. The number of hydrogen-bond donors (Lipinski definition) is 0. The molecule has 13 heavy (non-hydrogen) atoms. The highest BCUT2D eigenvalue weighted by Crippen LogP contribution is 2.45. The van der Waals surface area contributed by atoms with Crippen molar-refractivity contribution in [1.82, 2.24) is 0 Å². The predicted octanol–water partition coefficient (Wildman–Crippen LogP) is 2.43.